The third kappa shape index (κ3) is 4.05. The molecule has 1 atom stereocenters. The smallest absolute Gasteiger partial charge is 0.503 e. The molecule has 7 heteroatoms. The Morgan fingerprint density at radius 2 is 1.89 bits per heavy atom. The minimum Gasteiger partial charge on any atom is -0.503 e. The Hall–Kier alpha value is -1.91. The Morgan fingerprint density at radius 3 is 2.47 bits per heavy atom. The lowest BCUT2D eigenvalue weighted by Gasteiger charge is -2.07. The molecule has 102 valence electrons. The van der Waals surface area contributed by atoms with Crippen LogP contribution in [0.3, 0.4) is 0 Å². The first-order valence-electron chi connectivity index (χ1n) is 5.24. The predicted molar refractivity (Wildman–Crippen MR) is 68.7 cm³/mol. The first-order valence-corrected chi connectivity index (χ1v) is 6.33. The van der Waals surface area contributed by atoms with E-state index >= 15 is 0 Å². The Morgan fingerprint density at radius 1 is 1.21 bits per heavy atom. The van der Waals surface area contributed by atoms with E-state index < -0.39 is 14.2 Å². The molecule has 1 rings (SSSR count). The van der Waals surface area contributed by atoms with E-state index in [4.69, 9.17) is 9.26 Å². The number of methoxy groups -OCH3 is 2. The lowest BCUT2D eigenvalue weighted by atomic mass is 10.1. The molecule has 0 aromatic heterocycles. The molecule has 0 fully saturated rings. The number of rotatable bonds is 6. The van der Waals surface area contributed by atoms with E-state index in [1.54, 1.807) is 24.3 Å². The number of hydrogen-bond donors (Lipinski definition) is 0. The summed E-state index contributed by atoms with van der Waals surface area (Å²) in [5.41, 5.74) is 0.553. The Kier molecular flexibility index (Phi) is 5.99. The van der Waals surface area contributed by atoms with Gasteiger partial charge in [-0.15, -0.1) is 4.52 Å². The van der Waals surface area contributed by atoms with Crippen LogP contribution in [0, 0.1) is 0 Å². The van der Waals surface area contributed by atoms with Gasteiger partial charge in [0.1, 0.15) is 5.57 Å². The van der Waals surface area contributed by atoms with Crippen LogP contribution in [0.4, 0.5) is 0 Å². The lowest BCUT2D eigenvalue weighted by molar-refractivity contribution is -0.133. The largest absolute Gasteiger partial charge is 0.749 e. The summed E-state index contributed by atoms with van der Waals surface area (Å²) in [6.07, 6.45) is 1.23. The molecule has 0 aliphatic rings. The van der Waals surface area contributed by atoms with Gasteiger partial charge in [-0.2, -0.15) is 0 Å². The highest BCUT2D eigenvalue weighted by Gasteiger charge is 2.25. The number of ether oxygens (including phenoxy) is 2. The predicted octanol–water partition coefficient (Wildman–Crippen LogP) is 2.53. The van der Waals surface area contributed by atoms with E-state index in [9.17, 15) is 9.36 Å². The van der Waals surface area contributed by atoms with Crippen LogP contribution >= 0.6 is 8.25 Å². The van der Waals surface area contributed by atoms with E-state index in [-0.39, 0.29) is 11.3 Å². The van der Waals surface area contributed by atoms with Crippen LogP contribution in [0.5, 0.6) is 5.75 Å². The van der Waals surface area contributed by atoms with E-state index in [1.807, 2.05) is 0 Å². The molecule has 0 aliphatic heterocycles. The number of hydrogen-bond acceptors (Lipinski definition) is 6. The zero-order valence-electron chi connectivity index (χ0n) is 10.8. The van der Waals surface area contributed by atoms with Gasteiger partial charge in [-0.3, -0.25) is 0 Å². The van der Waals surface area contributed by atoms with Crippen molar-refractivity contribution in [3.8, 4) is 5.75 Å². The topological polar surface area (TPSA) is 71.1 Å². The molecule has 0 N–H and O–H groups in total. The summed E-state index contributed by atoms with van der Waals surface area (Å²) in [5.74, 6) is -0.357. The lowest BCUT2D eigenvalue weighted by Crippen LogP contribution is -2.05. The van der Waals surface area contributed by atoms with Crippen LogP contribution in [0.25, 0.3) is 5.57 Å². The highest BCUT2D eigenvalue weighted by atomic mass is 31.1. The summed E-state index contributed by atoms with van der Waals surface area (Å²) in [7, 11) is 1.62. The molecule has 0 saturated heterocycles. The number of para-hydroxylation sites is 1. The maximum atomic E-state index is 11.7. The zero-order valence-corrected chi connectivity index (χ0v) is 11.7. The van der Waals surface area contributed by atoms with Crippen LogP contribution in [0.1, 0.15) is 5.56 Å². The van der Waals surface area contributed by atoms with Gasteiger partial charge >= 0.3 is 14.2 Å². The second kappa shape index (κ2) is 7.51. The molecule has 0 saturated carbocycles. The van der Waals surface area contributed by atoms with Gasteiger partial charge in [0.05, 0.1) is 27.6 Å². The molecule has 1 aromatic rings. The molecule has 1 unspecified atom stereocenters. The molecule has 0 heterocycles. The van der Waals surface area contributed by atoms with Gasteiger partial charge in [0, 0.05) is 10.1 Å². The number of carbonyl (C=O) groups excluding carboxylic acids is 1. The fourth-order valence-electron chi connectivity index (χ4n) is 1.34. The van der Waals surface area contributed by atoms with Crippen molar-refractivity contribution in [3.63, 3.8) is 0 Å². The highest BCUT2D eigenvalue weighted by Crippen LogP contribution is 2.33. The van der Waals surface area contributed by atoms with Crippen molar-refractivity contribution >= 4 is 19.8 Å². The van der Waals surface area contributed by atoms with Gasteiger partial charge in [0.25, 0.3) is 0 Å². The maximum absolute atomic E-state index is 11.7. The number of benzene rings is 1. The van der Waals surface area contributed by atoms with Crippen molar-refractivity contribution in [2.75, 3.05) is 21.3 Å². The second-order valence-corrected chi connectivity index (χ2v) is 4.25. The molecule has 0 bridgehead atoms. The standard InChI is InChI=1S/C12H14O6P/c1-15-8-10(12(13)16-2)9-6-4-5-7-11(9)18-19(14)17-3/h4-8H,1-3H3/q+1. The monoisotopic (exact) mass is 285 g/mol. The van der Waals surface area contributed by atoms with Crippen molar-refractivity contribution in [2.45, 2.75) is 0 Å². The Bertz CT molecular complexity index is 497. The van der Waals surface area contributed by atoms with E-state index in [1.165, 1.54) is 27.6 Å². The van der Waals surface area contributed by atoms with E-state index in [0.717, 1.165) is 0 Å². The SMILES string of the molecule is COC=C(C(=O)OC)c1ccccc1O[P+](=O)OC. The molecule has 0 amide bonds. The molecule has 0 radical (unpaired) electrons. The third-order valence-corrected chi connectivity index (χ3v) is 2.78. The van der Waals surface area contributed by atoms with Crippen LogP contribution in [0.2, 0.25) is 0 Å². The van der Waals surface area contributed by atoms with Gasteiger partial charge in [0.2, 0.25) is 0 Å². The zero-order chi connectivity index (χ0) is 14.3. The average molecular weight is 285 g/mol. The summed E-state index contributed by atoms with van der Waals surface area (Å²) in [5, 5.41) is 0. The maximum Gasteiger partial charge on any atom is 0.749 e. The average Bonchev–Trinajstić information content (AvgIpc) is 2.44. The summed E-state index contributed by atoms with van der Waals surface area (Å²) in [6.45, 7) is 0. The van der Waals surface area contributed by atoms with Crippen molar-refractivity contribution in [2.24, 2.45) is 0 Å². The van der Waals surface area contributed by atoms with Crippen molar-refractivity contribution in [3.05, 3.63) is 36.1 Å². The number of esters is 1. The first-order chi connectivity index (χ1) is 9.13. The fraction of sp³-hybridized carbons (Fsp3) is 0.250. The molecule has 19 heavy (non-hydrogen) atoms. The van der Waals surface area contributed by atoms with Gasteiger partial charge in [-0.05, 0) is 6.07 Å². The van der Waals surface area contributed by atoms with Gasteiger partial charge in [-0.1, -0.05) is 18.2 Å². The Balaban J connectivity index is 3.20. The fourth-order valence-corrected chi connectivity index (χ4v) is 1.73. The van der Waals surface area contributed by atoms with Crippen molar-refractivity contribution < 1.29 is 27.9 Å². The third-order valence-electron chi connectivity index (χ3n) is 2.14. The van der Waals surface area contributed by atoms with Gasteiger partial charge in [-0.25, -0.2) is 9.32 Å². The number of carbonyl (C=O) groups is 1. The summed E-state index contributed by atoms with van der Waals surface area (Å²) in [6, 6.07) is 6.57. The highest BCUT2D eigenvalue weighted by molar-refractivity contribution is 7.33. The van der Waals surface area contributed by atoms with Crippen molar-refractivity contribution in [1.29, 1.82) is 0 Å². The summed E-state index contributed by atoms with van der Waals surface area (Å²) < 4.78 is 30.4. The van der Waals surface area contributed by atoms with E-state index in [2.05, 4.69) is 9.26 Å². The van der Waals surface area contributed by atoms with Crippen molar-refractivity contribution in [1.82, 2.24) is 0 Å². The normalized spacial score (nSPS) is 11.7. The molecule has 0 spiro atoms. The summed E-state index contributed by atoms with van der Waals surface area (Å²) >= 11 is 0. The quantitative estimate of drug-likeness (QED) is 0.346. The second-order valence-electron chi connectivity index (χ2n) is 3.25. The summed E-state index contributed by atoms with van der Waals surface area (Å²) in [4.78, 5) is 11.7. The van der Waals surface area contributed by atoms with Gasteiger partial charge < -0.3 is 9.47 Å². The molecule has 0 aliphatic carbocycles. The molecular weight excluding hydrogens is 271 g/mol. The minimum atomic E-state index is -2.30. The minimum absolute atomic E-state index is 0.153. The van der Waals surface area contributed by atoms with Gasteiger partial charge in [0.15, 0.2) is 5.75 Å². The molecule has 1 aromatic carbocycles. The first kappa shape index (κ1) is 15.1. The Labute approximate surface area is 111 Å². The molecular formula is C12H14O6P+. The van der Waals surface area contributed by atoms with Crippen LogP contribution in [-0.2, 0) is 23.4 Å². The van der Waals surface area contributed by atoms with Crippen LogP contribution < -0.4 is 4.52 Å². The molecule has 6 nitrogen and oxygen atoms in total. The van der Waals surface area contributed by atoms with Crippen LogP contribution in [-0.4, -0.2) is 27.3 Å². The van der Waals surface area contributed by atoms with E-state index in [0.29, 0.717) is 5.56 Å². The van der Waals surface area contributed by atoms with Crippen LogP contribution in [0.15, 0.2) is 30.5 Å².